The molecule has 2 amide bonds. The van der Waals surface area contributed by atoms with E-state index in [2.05, 4.69) is 15.6 Å². The standard InChI is InChI=1S/C19H16FN3O2S/c1-12(24)21-15-6-2-13(3-7-15)19-23-17(11-26-19)10-18(25)22-16-8-4-14(20)5-9-16/h2-9,11H,10H2,1H3,(H,21,24)(H,22,25). The predicted molar refractivity (Wildman–Crippen MR) is 101 cm³/mol. The average molecular weight is 369 g/mol. The highest BCUT2D eigenvalue weighted by Crippen LogP contribution is 2.25. The molecule has 0 aliphatic rings. The Morgan fingerprint density at radius 3 is 2.27 bits per heavy atom. The first-order chi connectivity index (χ1) is 12.5. The van der Waals surface area contributed by atoms with Crippen LogP contribution in [0.25, 0.3) is 10.6 Å². The van der Waals surface area contributed by atoms with Crippen molar-refractivity contribution >= 4 is 34.5 Å². The molecule has 0 saturated heterocycles. The van der Waals surface area contributed by atoms with Gasteiger partial charge in [-0.2, -0.15) is 0 Å². The van der Waals surface area contributed by atoms with E-state index in [4.69, 9.17) is 0 Å². The summed E-state index contributed by atoms with van der Waals surface area (Å²) in [5.74, 6) is -0.687. The van der Waals surface area contributed by atoms with Gasteiger partial charge in [-0.1, -0.05) is 0 Å². The van der Waals surface area contributed by atoms with Crippen LogP contribution in [0, 0.1) is 5.82 Å². The van der Waals surface area contributed by atoms with Crippen molar-refractivity contribution in [3.63, 3.8) is 0 Å². The maximum Gasteiger partial charge on any atom is 0.230 e. The Balaban J connectivity index is 1.63. The van der Waals surface area contributed by atoms with Crippen LogP contribution < -0.4 is 10.6 Å². The van der Waals surface area contributed by atoms with E-state index in [1.165, 1.54) is 42.5 Å². The van der Waals surface area contributed by atoms with Crippen LogP contribution in [0.3, 0.4) is 0 Å². The fourth-order valence-electron chi connectivity index (χ4n) is 2.32. The molecule has 2 aromatic carbocycles. The van der Waals surface area contributed by atoms with Crippen molar-refractivity contribution in [1.82, 2.24) is 4.98 Å². The number of amides is 2. The van der Waals surface area contributed by atoms with Crippen molar-refractivity contribution in [3.8, 4) is 10.6 Å². The number of nitrogens with zero attached hydrogens (tertiary/aromatic N) is 1. The lowest BCUT2D eigenvalue weighted by molar-refractivity contribution is -0.116. The Hall–Kier alpha value is -3.06. The quantitative estimate of drug-likeness (QED) is 0.712. The van der Waals surface area contributed by atoms with Crippen LogP contribution in [0.4, 0.5) is 15.8 Å². The third-order valence-corrected chi connectivity index (χ3v) is 4.41. The van der Waals surface area contributed by atoms with E-state index >= 15 is 0 Å². The van der Waals surface area contributed by atoms with Gasteiger partial charge in [0.2, 0.25) is 11.8 Å². The zero-order chi connectivity index (χ0) is 18.5. The zero-order valence-electron chi connectivity index (χ0n) is 14.0. The summed E-state index contributed by atoms with van der Waals surface area (Å²) in [5, 5.41) is 8.05. The molecule has 7 heteroatoms. The Morgan fingerprint density at radius 2 is 1.62 bits per heavy atom. The molecular formula is C19H16FN3O2S. The molecule has 0 aliphatic heterocycles. The van der Waals surface area contributed by atoms with E-state index in [9.17, 15) is 14.0 Å². The van der Waals surface area contributed by atoms with E-state index in [1.807, 2.05) is 17.5 Å². The number of hydrogen-bond acceptors (Lipinski definition) is 4. The lowest BCUT2D eigenvalue weighted by atomic mass is 10.2. The fraction of sp³-hybridized carbons (Fsp3) is 0.105. The highest BCUT2D eigenvalue weighted by molar-refractivity contribution is 7.13. The summed E-state index contributed by atoms with van der Waals surface area (Å²) in [6, 6.07) is 13.0. The predicted octanol–water partition coefficient (Wildman–Crippen LogP) is 4.09. The first-order valence-corrected chi connectivity index (χ1v) is 8.75. The van der Waals surface area contributed by atoms with Gasteiger partial charge in [-0.25, -0.2) is 9.37 Å². The molecule has 0 aliphatic carbocycles. The molecule has 1 heterocycles. The topological polar surface area (TPSA) is 71.1 Å². The third kappa shape index (κ3) is 4.73. The molecule has 0 bridgehead atoms. The number of benzene rings is 2. The number of nitrogens with one attached hydrogen (secondary N) is 2. The molecular weight excluding hydrogens is 353 g/mol. The van der Waals surface area contributed by atoms with Gasteiger partial charge in [-0.15, -0.1) is 11.3 Å². The number of hydrogen-bond donors (Lipinski definition) is 2. The molecule has 3 rings (SSSR count). The van der Waals surface area contributed by atoms with Gasteiger partial charge in [0.25, 0.3) is 0 Å². The van der Waals surface area contributed by atoms with Crippen LogP contribution in [-0.4, -0.2) is 16.8 Å². The maximum atomic E-state index is 12.9. The monoisotopic (exact) mass is 369 g/mol. The molecule has 0 fully saturated rings. The number of halogens is 1. The van der Waals surface area contributed by atoms with Gasteiger partial charge in [0.15, 0.2) is 0 Å². The molecule has 0 radical (unpaired) electrons. The summed E-state index contributed by atoms with van der Waals surface area (Å²) >= 11 is 1.44. The van der Waals surface area contributed by atoms with Crippen LogP contribution in [0.5, 0.6) is 0 Å². The molecule has 0 atom stereocenters. The fourth-order valence-corrected chi connectivity index (χ4v) is 3.15. The van der Waals surface area contributed by atoms with Crippen molar-refractivity contribution in [2.45, 2.75) is 13.3 Å². The van der Waals surface area contributed by atoms with Crippen molar-refractivity contribution in [1.29, 1.82) is 0 Å². The number of aromatic nitrogens is 1. The van der Waals surface area contributed by atoms with Gasteiger partial charge in [-0.05, 0) is 48.5 Å². The summed E-state index contributed by atoms with van der Waals surface area (Å²) in [7, 11) is 0. The minimum atomic E-state index is -0.350. The largest absolute Gasteiger partial charge is 0.326 e. The summed E-state index contributed by atoms with van der Waals surface area (Å²) in [6.07, 6.45) is 0.137. The lowest BCUT2D eigenvalue weighted by Crippen LogP contribution is -2.14. The number of carbonyl (C=O) groups excluding carboxylic acids is 2. The lowest BCUT2D eigenvalue weighted by Gasteiger charge is -2.04. The molecule has 1 aromatic heterocycles. The van der Waals surface area contributed by atoms with Crippen molar-refractivity contribution in [2.75, 3.05) is 10.6 Å². The van der Waals surface area contributed by atoms with Crippen LogP contribution in [0.15, 0.2) is 53.9 Å². The molecule has 0 unspecified atom stereocenters. The Morgan fingerprint density at radius 1 is 1.00 bits per heavy atom. The van der Waals surface area contributed by atoms with Crippen LogP contribution in [-0.2, 0) is 16.0 Å². The van der Waals surface area contributed by atoms with Gasteiger partial charge < -0.3 is 10.6 Å². The average Bonchev–Trinajstić information content (AvgIpc) is 3.05. The van der Waals surface area contributed by atoms with Gasteiger partial charge in [0, 0.05) is 29.2 Å². The smallest absolute Gasteiger partial charge is 0.230 e. The summed E-state index contributed by atoms with van der Waals surface area (Å²) in [5.41, 5.74) is 2.84. The summed E-state index contributed by atoms with van der Waals surface area (Å²) < 4.78 is 12.9. The molecule has 0 spiro atoms. The van der Waals surface area contributed by atoms with Gasteiger partial charge in [0.05, 0.1) is 12.1 Å². The van der Waals surface area contributed by atoms with Crippen molar-refractivity contribution < 1.29 is 14.0 Å². The summed E-state index contributed by atoms with van der Waals surface area (Å²) in [4.78, 5) is 27.6. The van der Waals surface area contributed by atoms with E-state index in [0.29, 0.717) is 11.4 Å². The van der Waals surface area contributed by atoms with E-state index in [1.54, 1.807) is 12.1 Å². The third-order valence-electron chi connectivity index (χ3n) is 3.47. The van der Waals surface area contributed by atoms with Crippen LogP contribution >= 0.6 is 11.3 Å². The van der Waals surface area contributed by atoms with Crippen molar-refractivity contribution in [3.05, 3.63) is 65.4 Å². The Labute approximate surface area is 153 Å². The molecule has 26 heavy (non-hydrogen) atoms. The zero-order valence-corrected chi connectivity index (χ0v) is 14.8. The molecule has 2 N–H and O–H groups in total. The molecule has 132 valence electrons. The van der Waals surface area contributed by atoms with Gasteiger partial charge >= 0.3 is 0 Å². The second-order valence-electron chi connectivity index (χ2n) is 5.63. The van der Waals surface area contributed by atoms with Gasteiger partial charge in [0.1, 0.15) is 10.8 Å². The minimum Gasteiger partial charge on any atom is -0.326 e. The highest BCUT2D eigenvalue weighted by atomic mass is 32.1. The normalized spacial score (nSPS) is 10.4. The van der Waals surface area contributed by atoms with E-state index in [0.717, 1.165) is 16.3 Å². The number of rotatable bonds is 5. The first-order valence-electron chi connectivity index (χ1n) is 7.87. The van der Waals surface area contributed by atoms with Crippen LogP contribution in [0.2, 0.25) is 0 Å². The Kier molecular flexibility index (Phi) is 5.38. The SMILES string of the molecule is CC(=O)Nc1ccc(-c2nc(CC(=O)Nc3ccc(F)cc3)cs2)cc1. The number of carbonyl (C=O) groups is 2. The van der Waals surface area contributed by atoms with E-state index < -0.39 is 0 Å². The maximum absolute atomic E-state index is 12.9. The molecule has 3 aromatic rings. The van der Waals surface area contributed by atoms with Gasteiger partial charge in [-0.3, -0.25) is 9.59 Å². The van der Waals surface area contributed by atoms with E-state index in [-0.39, 0.29) is 24.1 Å². The Bertz CT molecular complexity index is 921. The number of anilines is 2. The molecule has 0 saturated carbocycles. The molecule has 5 nitrogen and oxygen atoms in total. The second-order valence-corrected chi connectivity index (χ2v) is 6.49. The second kappa shape index (κ2) is 7.88. The number of thiazole rings is 1. The minimum absolute atomic E-state index is 0.124. The van der Waals surface area contributed by atoms with Crippen molar-refractivity contribution in [2.24, 2.45) is 0 Å². The first kappa shape index (κ1) is 17.8. The highest BCUT2D eigenvalue weighted by Gasteiger charge is 2.10. The van der Waals surface area contributed by atoms with Crippen LogP contribution in [0.1, 0.15) is 12.6 Å². The summed E-state index contributed by atoms with van der Waals surface area (Å²) in [6.45, 7) is 1.46.